The van der Waals surface area contributed by atoms with Gasteiger partial charge in [-0.15, -0.1) is 0 Å². The first-order chi connectivity index (χ1) is 8.31. The quantitative estimate of drug-likeness (QED) is 0.292. The Balaban J connectivity index is -0.000000366. The zero-order chi connectivity index (χ0) is 14.4. The van der Waals surface area contributed by atoms with Crippen LogP contribution in [0.2, 0.25) is 0 Å². The van der Waals surface area contributed by atoms with Gasteiger partial charge in [0, 0.05) is 0 Å². The van der Waals surface area contributed by atoms with Gasteiger partial charge in [0.2, 0.25) is 0 Å². The third-order valence-electron chi connectivity index (χ3n) is 2.75. The SMILES string of the molecule is O=S(=O)(O)O.[CH2-]CCCCC(C)CCCCCC.[Na+]. The second kappa shape index (κ2) is 16.9. The zero-order valence-electron chi connectivity index (χ0n) is 12.8. The van der Waals surface area contributed by atoms with E-state index in [1.54, 1.807) is 0 Å². The molecule has 0 amide bonds. The molecule has 0 radical (unpaired) electrons. The molecule has 1 atom stereocenters. The first kappa shape index (κ1) is 24.9. The van der Waals surface area contributed by atoms with Crippen LogP contribution in [0.4, 0.5) is 0 Å². The third-order valence-corrected chi connectivity index (χ3v) is 2.75. The summed E-state index contributed by atoms with van der Waals surface area (Å²) in [5.74, 6) is 0.948. The molecule has 0 rings (SSSR count). The van der Waals surface area contributed by atoms with Crippen LogP contribution in [-0.2, 0) is 10.4 Å². The van der Waals surface area contributed by atoms with Gasteiger partial charge in [0.1, 0.15) is 0 Å². The minimum Gasteiger partial charge on any atom is -0.343 e. The molecule has 2 N–H and O–H groups in total. The van der Waals surface area contributed by atoms with Crippen molar-refractivity contribution in [2.45, 2.75) is 71.6 Å². The van der Waals surface area contributed by atoms with Gasteiger partial charge in [-0.25, -0.2) is 0 Å². The van der Waals surface area contributed by atoms with Crippen molar-refractivity contribution in [2.75, 3.05) is 0 Å². The van der Waals surface area contributed by atoms with E-state index in [0.29, 0.717) is 0 Å². The third kappa shape index (κ3) is 38.1. The molecule has 4 nitrogen and oxygen atoms in total. The van der Waals surface area contributed by atoms with Crippen LogP contribution >= 0.6 is 0 Å². The first-order valence-electron chi connectivity index (χ1n) is 6.80. The van der Waals surface area contributed by atoms with Crippen molar-refractivity contribution >= 4 is 10.4 Å². The molecule has 0 aliphatic carbocycles. The van der Waals surface area contributed by atoms with E-state index in [2.05, 4.69) is 20.8 Å². The molecule has 0 spiro atoms. The Labute approximate surface area is 141 Å². The maximum Gasteiger partial charge on any atom is 1.00 e. The van der Waals surface area contributed by atoms with Crippen molar-refractivity contribution in [3.05, 3.63) is 6.92 Å². The molecule has 0 aromatic carbocycles. The summed E-state index contributed by atoms with van der Waals surface area (Å²) >= 11 is 0. The van der Waals surface area contributed by atoms with Crippen molar-refractivity contribution in [1.29, 1.82) is 0 Å². The van der Waals surface area contributed by atoms with E-state index >= 15 is 0 Å². The van der Waals surface area contributed by atoms with Crippen molar-refractivity contribution in [1.82, 2.24) is 0 Å². The summed E-state index contributed by atoms with van der Waals surface area (Å²) in [7, 11) is -4.67. The maximum atomic E-state index is 8.74. The summed E-state index contributed by atoms with van der Waals surface area (Å²) < 4.78 is 31.6. The molecule has 0 fully saturated rings. The van der Waals surface area contributed by atoms with Gasteiger partial charge < -0.3 is 6.92 Å². The standard InChI is InChI=1S/C13H27.Na.H2O4S/c1-4-6-8-10-12-13(3)11-9-7-5-2;;1-5(2,3)4/h13H,2,4-12H2,1,3H3;;(H2,1,2,3,4)/q-1;+1;. The normalized spacial score (nSPS) is 12.1. The zero-order valence-corrected chi connectivity index (χ0v) is 15.6. The van der Waals surface area contributed by atoms with E-state index in [1.807, 2.05) is 0 Å². The van der Waals surface area contributed by atoms with Gasteiger partial charge in [-0.05, 0) is 5.92 Å². The maximum absolute atomic E-state index is 8.74. The molecule has 0 saturated carbocycles. The molecule has 19 heavy (non-hydrogen) atoms. The van der Waals surface area contributed by atoms with Crippen molar-refractivity contribution in [2.24, 2.45) is 5.92 Å². The van der Waals surface area contributed by atoms with Crippen LogP contribution in [0.1, 0.15) is 71.6 Å². The minimum atomic E-state index is -4.67. The number of hydrogen-bond donors (Lipinski definition) is 2. The monoisotopic (exact) mass is 304 g/mol. The van der Waals surface area contributed by atoms with Crippen LogP contribution in [0, 0.1) is 12.8 Å². The number of hydrogen-bond acceptors (Lipinski definition) is 2. The summed E-state index contributed by atoms with van der Waals surface area (Å²) in [6.45, 7) is 8.54. The fourth-order valence-electron chi connectivity index (χ4n) is 1.73. The Kier molecular flexibility index (Phi) is 22.1. The fourth-order valence-corrected chi connectivity index (χ4v) is 1.73. The summed E-state index contributed by atoms with van der Waals surface area (Å²) in [4.78, 5) is 0. The van der Waals surface area contributed by atoms with E-state index in [1.165, 1.54) is 51.4 Å². The Morgan fingerprint density at radius 1 is 1.00 bits per heavy atom. The Morgan fingerprint density at radius 3 is 1.79 bits per heavy atom. The van der Waals surface area contributed by atoms with Crippen LogP contribution in [0.25, 0.3) is 0 Å². The predicted octanol–water partition coefficient (Wildman–Crippen LogP) is 1.34. The molecule has 112 valence electrons. The first-order valence-corrected chi connectivity index (χ1v) is 8.20. The van der Waals surface area contributed by atoms with Crippen LogP contribution in [0.3, 0.4) is 0 Å². The van der Waals surface area contributed by atoms with E-state index < -0.39 is 10.4 Å². The van der Waals surface area contributed by atoms with Gasteiger partial charge in [0.25, 0.3) is 0 Å². The Morgan fingerprint density at radius 2 is 1.42 bits per heavy atom. The molecule has 0 aromatic rings. The Bertz CT molecular complexity index is 247. The molecule has 6 heteroatoms. The minimum absolute atomic E-state index is 0. The molecule has 0 bridgehead atoms. The largest absolute Gasteiger partial charge is 1.00 e. The molecule has 0 saturated heterocycles. The summed E-state index contributed by atoms with van der Waals surface area (Å²) in [6.07, 6.45) is 12.3. The van der Waals surface area contributed by atoms with Crippen LogP contribution in [-0.4, -0.2) is 17.5 Å². The van der Waals surface area contributed by atoms with Crippen LogP contribution in [0.5, 0.6) is 0 Å². The smallest absolute Gasteiger partial charge is 0.343 e. The Hall–Kier alpha value is 0.870. The topological polar surface area (TPSA) is 74.6 Å². The van der Waals surface area contributed by atoms with E-state index in [4.69, 9.17) is 17.5 Å². The van der Waals surface area contributed by atoms with Crippen LogP contribution < -0.4 is 29.6 Å². The van der Waals surface area contributed by atoms with Gasteiger partial charge in [-0.1, -0.05) is 65.2 Å². The van der Waals surface area contributed by atoms with Crippen LogP contribution in [0.15, 0.2) is 0 Å². The predicted molar refractivity (Wildman–Crippen MR) is 75.9 cm³/mol. The summed E-state index contributed by atoms with van der Waals surface area (Å²) in [5.41, 5.74) is 0. The number of rotatable bonds is 9. The fraction of sp³-hybridized carbons (Fsp3) is 0.923. The van der Waals surface area contributed by atoms with Crippen molar-refractivity contribution < 1.29 is 47.1 Å². The van der Waals surface area contributed by atoms with E-state index in [9.17, 15) is 0 Å². The second-order valence-electron chi connectivity index (χ2n) is 4.75. The summed E-state index contributed by atoms with van der Waals surface area (Å²) in [6, 6.07) is 0. The van der Waals surface area contributed by atoms with Crippen molar-refractivity contribution in [3.63, 3.8) is 0 Å². The van der Waals surface area contributed by atoms with Gasteiger partial charge in [-0.3, -0.25) is 9.11 Å². The molecular formula is C13H29NaO4S. The molecule has 0 heterocycles. The molecular weight excluding hydrogens is 275 g/mol. The molecule has 0 aliphatic heterocycles. The van der Waals surface area contributed by atoms with Gasteiger partial charge >= 0.3 is 40.0 Å². The molecule has 0 aromatic heterocycles. The van der Waals surface area contributed by atoms with Gasteiger partial charge in [0.05, 0.1) is 0 Å². The molecule has 1 unspecified atom stereocenters. The summed E-state index contributed by atoms with van der Waals surface area (Å²) in [5, 5.41) is 0. The average Bonchev–Trinajstić information content (AvgIpc) is 2.22. The van der Waals surface area contributed by atoms with Gasteiger partial charge in [-0.2, -0.15) is 14.8 Å². The van der Waals surface area contributed by atoms with Crippen molar-refractivity contribution in [3.8, 4) is 0 Å². The van der Waals surface area contributed by atoms with E-state index in [0.717, 1.165) is 12.3 Å². The second-order valence-corrected chi connectivity index (χ2v) is 5.65. The molecule has 0 aliphatic rings. The average molecular weight is 304 g/mol. The van der Waals surface area contributed by atoms with E-state index in [-0.39, 0.29) is 29.6 Å². The van der Waals surface area contributed by atoms with Gasteiger partial charge in [0.15, 0.2) is 0 Å². The number of unbranched alkanes of at least 4 members (excludes halogenated alkanes) is 5.